The molecule has 3 heteroatoms. The zero-order valence-corrected chi connectivity index (χ0v) is 12.3. The first-order valence-corrected chi connectivity index (χ1v) is 7.50. The Bertz CT molecular complexity index is 612. The number of nitrogens with zero attached hydrogens (tertiary/aromatic N) is 1. The van der Waals surface area contributed by atoms with Crippen molar-refractivity contribution in [1.82, 2.24) is 4.98 Å². The van der Waals surface area contributed by atoms with Gasteiger partial charge in [0.2, 0.25) is 0 Å². The van der Waals surface area contributed by atoms with Crippen LogP contribution >= 0.6 is 0 Å². The van der Waals surface area contributed by atoms with Crippen molar-refractivity contribution in [2.75, 3.05) is 7.11 Å². The number of ether oxygens (including phenoxy) is 1. The van der Waals surface area contributed by atoms with Crippen molar-refractivity contribution < 1.29 is 9.84 Å². The molecular formula is C18H21NO2. The molecule has 0 saturated heterocycles. The highest BCUT2D eigenvalue weighted by atomic mass is 16.5. The number of aromatic nitrogens is 1. The lowest BCUT2D eigenvalue weighted by atomic mass is 9.80. The van der Waals surface area contributed by atoms with Crippen molar-refractivity contribution in [1.29, 1.82) is 0 Å². The number of hydrogen-bond donors (Lipinski definition) is 1. The average Bonchev–Trinajstić information content (AvgIpc) is 2.54. The van der Waals surface area contributed by atoms with Crippen molar-refractivity contribution in [2.45, 2.75) is 37.9 Å². The van der Waals surface area contributed by atoms with Crippen LogP contribution in [0.2, 0.25) is 0 Å². The molecule has 110 valence electrons. The van der Waals surface area contributed by atoms with Gasteiger partial charge in [-0.2, -0.15) is 0 Å². The topological polar surface area (TPSA) is 42.4 Å². The lowest BCUT2D eigenvalue weighted by molar-refractivity contribution is 0.127. The monoisotopic (exact) mass is 283 g/mol. The average molecular weight is 283 g/mol. The maximum Gasteiger partial charge on any atom is 0.0877 e. The van der Waals surface area contributed by atoms with Crippen molar-refractivity contribution in [2.24, 2.45) is 0 Å². The molecule has 2 aromatic rings. The highest BCUT2D eigenvalue weighted by Crippen LogP contribution is 2.40. The first-order chi connectivity index (χ1) is 10.3. The molecule has 3 nitrogen and oxygen atoms in total. The minimum Gasteiger partial charge on any atom is -0.388 e. The zero-order valence-electron chi connectivity index (χ0n) is 12.3. The van der Waals surface area contributed by atoms with E-state index in [2.05, 4.69) is 11.1 Å². The largest absolute Gasteiger partial charge is 0.388 e. The molecule has 0 amide bonds. The van der Waals surface area contributed by atoms with E-state index in [9.17, 15) is 5.11 Å². The molecule has 0 saturated carbocycles. The van der Waals surface area contributed by atoms with Crippen LogP contribution in [0.5, 0.6) is 0 Å². The Kier molecular flexibility index (Phi) is 4.32. The summed E-state index contributed by atoms with van der Waals surface area (Å²) in [6.45, 7) is 0.523. The van der Waals surface area contributed by atoms with E-state index in [0.29, 0.717) is 6.61 Å². The number of methoxy groups -OCH3 is 1. The minimum absolute atomic E-state index is 0.0768. The number of fused-ring (bicyclic) bond motifs is 1. The van der Waals surface area contributed by atoms with Crippen LogP contribution in [0.4, 0.5) is 0 Å². The Labute approximate surface area is 125 Å². The van der Waals surface area contributed by atoms with Crippen LogP contribution in [0.1, 0.15) is 47.2 Å². The fraction of sp³-hybridized carbons (Fsp3) is 0.389. The van der Waals surface area contributed by atoms with Crippen LogP contribution < -0.4 is 0 Å². The summed E-state index contributed by atoms with van der Waals surface area (Å²) in [5.41, 5.74) is 4.35. The normalized spacial score (nSPS) is 19.0. The highest BCUT2D eigenvalue weighted by molar-refractivity contribution is 5.34. The van der Waals surface area contributed by atoms with Gasteiger partial charge in [0.15, 0.2) is 0 Å². The first-order valence-electron chi connectivity index (χ1n) is 7.50. The number of pyridine rings is 1. The summed E-state index contributed by atoms with van der Waals surface area (Å²) in [6, 6.07) is 12.1. The molecular weight excluding hydrogens is 262 g/mol. The van der Waals surface area contributed by atoms with Gasteiger partial charge in [0, 0.05) is 24.9 Å². The third-order valence-corrected chi connectivity index (χ3v) is 4.29. The lowest BCUT2D eigenvalue weighted by Crippen LogP contribution is -2.19. The maximum absolute atomic E-state index is 10.9. The van der Waals surface area contributed by atoms with Crippen molar-refractivity contribution in [3.63, 3.8) is 0 Å². The van der Waals surface area contributed by atoms with Crippen LogP contribution in [-0.2, 0) is 17.8 Å². The summed E-state index contributed by atoms with van der Waals surface area (Å²) in [7, 11) is 1.68. The molecule has 1 N–H and O–H groups in total. The molecule has 1 aliphatic carbocycles. The van der Waals surface area contributed by atoms with Crippen molar-refractivity contribution >= 4 is 0 Å². The Balaban J connectivity index is 1.95. The van der Waals surface area contributed by atoms with E-state index >= 15 is 0 Å². The molecule has 1 heterocycles. The second kappa shape index (κ2) is 6.37. The van der Waals surface area contributed by atoms with Gasteiger partial charge >= 0.3 is 0 Å². The number of aryl methyl sites for hydroxylation is 1. The van der Waals surface area contributed by atoms with E-state index in [1.807, 2.05) is 36.5 Å². The summed E-state index contributed by atoms with van der Waals surface area (Å²) in [4.78, 5) is 4.53. The van der Waals surface area contributed by atoms with Gasteiger partial charge in [-0.15, -0.1) is 0 Å². The second-order valence-electron chi connectivity index (χ2n) is 5.62. The Morgan fingerprint density at radius 2 is 2.14 bits per heavy atom. The van der Waals surface area contributed by atoms with E-state index in [4.69, 9.17) is 4.74 Å². The Morgan fingerprint density at radius 1 is 1.29 bits per heavy atom. The van der Waals surface area contributed by atoms with E-state index in [1.54, 1.807) is 7.11 Å². The smallest absolute Gasteiger partial charge is 0.0877 e. The molecule has 3 rings (SSSR count). The quantitative estimate of drug-likeness (QED) is 0.935. The van der Waals surface area contributed by atoms with E-state index < -0.39 is 6.10 Å². The molecule has 1 aromatic carbocycles. The number of hydrogen-bond acceptors (Lipinski definition) is 3. The molecule has 1 aromatic heterocycles. The summed E-state index contributed by atoms with van der Waals surface area (Å²) < 4.78 is 5.25. The van der Waals surface area contributed by atoms with E-state index in [1.165, 1.54) is 5.56 Å². The van der Waals surface area contributed by atoms with Crippen molar-refractivity contribution in [3.05, 3.63) is 65.0 Å². The van der Waals surface area contributed by atoms with Gasteiger partial charge in [0.25, 0.3) is 0 Å². The van der Waals surface area contributed by atoms with Crippen LogP contribution in [-0.4, -0.2) is 17.2 Å². The summed E-state index contributed by atoms with van der Waals surface area (Å²) in [6.07, 6.45) is 4.45. The number of aliphatic hydroxyl groups excluding tert-OH is 1. The second-order valence-corrected chi connectivity index (χ2v) is 5.62. The van der Waals surface area contributed by atoms with Gasteiger partial charge in [-0.1, -0.05) is 30.3 Å². The predicted molar refractivity (Wildman–Crippen MR) is 82.0 cm³/mol. The number of aliphatic hydroxyl groups is 1. The van der Waals surface area contributed by atoms with Crippen LogP contribution in [0, 0.1) is 0 Å². The molecule has 21 heavy (non-hydrogen) atoms. The Hall–Kier alpha value is -1.71. The highest BCUT2D eigenvalue weighted by Gasteiger charge is 2.29. The zero-order chi connectivity index (χ0) is 14.7. The molecule has 2 unspecified atom stereocenters. The predicted octanol–water partition coefficient (Wildman–Crippen LogP) is 3.38. The fourth-order valence-corrected chi connectivity index (χ4v) is 3.28. The van der Waals surface area contributed by atoms with Gasteiger partial charge in [0.1, 0.15) is 0 Å². The lowest BCUT2D eigenvalue weighted by Gasteiger charge is -2.29. The molecule has 2 atom stereocenters. The van der Waals surface area contributed by atoms with E-state index in [0.717, 1.165) is 36.1 Å². The maximum atomic E-state index is 10.9. The van der Waals surface area contributed by atoms with Gasteiger partial charge in [0.05, 0.1) is 12.7 Å². The van der Waals surface area contributed by atoms with Crippen molar-refractivity contribution in [3.8, 4) is 0 Å². The van der Waals surface area contributed by atoms with Gasteiger partial charge in [-0.3, -0.25) is 4.98 Å². The van der Waals surface area contributed by atoms with Crippen LogP contribution in [0.3, 0.4) is 0 Å². The van der Waals surface area contributed by atoms with Gasteiger partial charge < -0.3 is 9.84 Å². The van der Waals surface area contributed by atoms with E-state index in [-0.39, 0.29) is 5.92 Å². The first kappa shape index (κ1) is 14.2. The number of benzene rings is 1. The van der Waals surface area contributed by atoms with Gasteiger partial charge in [-0.25, -0.2) is 0 Å². The summed E-state index contributed by atoms with van der Waals surface area (Å²) in [5.74, 6) is 0.0768. The molecule has 0 aliphatic heterocycles. The van der Waals surface area contributed by atoms with Crippen LogP contribution in [0.15, 0.2) is 42.6 Å². The molecule has 0 radical (unpaired) electrons. The standard InChI is InChI=1S/C18H21NO2/c1-21-12-14-6-2-3-9-15(14)18(20)16-10-4-7-13-8-5-11-19-17(13)16/h2-3,5-6,8-9,11,16,18,20H,4,7,10,12H2,1H3. The third-order valence-electron chi connectivity index (χ3n) is 4.29. The molecule has 0 fully saturated rings. The van der Waals surface area contributed by atoms with Crippen LogP contribution in [0.25, 0.3) is 0 Å². The molecule has 0 spiro atoms. The summed E-state index contributed by atoms with van der Waals surface area (Å²) >= 11 is 0. The molecule has 1 aliphatic rings. The summed E-state index contributed by atoms with van der Waals surface area (Å²) in [5, 5.41) is 10.9. The SMILES string of the molecule is COCc1ccccc1C(O)C1CCCc2cccnc21. The van der Waals surface area contributed by atoms with Gasteiger partial charge in [-0.05, 0) is 42.0 Å². The Morgan fingerprint density at radius 3 is 3.00 bits per heavy atom. The third kappa shape index (κ3) is 2.85. The fourth-order valence-electron chi connectivity index (χ4n) is 3.28. The minimum atomic E-state index is -0.523. The molecule has 0 bridgehead atoms. The number of rotatable bonds is 4.